The van der Waals surface area contributed by atoms with E-state index in [4.69, 9.17) is 17.1 Å². The van der Waals surface area contributed by atoms with Crippen LogP contribution in [0.2, 0.25) is 0 Å². The highest BCUT2D eigenvalue weighted by Gasteiger charge is 2.04. The van der Waals surface area contributed by atoms with Crippen molar-refractivity contribution in [2.45, 2.75) is 5.38 Å². The normalized spacial score (nSPS) is 25.2. The van der Waals surface area contributed by atoms with E-state index in [1.807, 2.05) is 24.3 Å². The van der Waals surface area contributed by atoms with Gasteiger partial charge in [0.15, 0.2) is 0 Å². The lowest BCUT2D eigenvalue weighted by molar-refractivity contribution is 1.24. The smallest absolute Gasteiger partial charge is 0.0767 e. The molecule has 0 fully saturated rings. The number of allylic oxidation sites excluding steroid dienone is 5. The van der Waals surface area contributed by atoms with E-state index in [0.29, 0.717) is 0 Å². The van der Waals surface area contributed by atoms with Crippen molar-refractivity contribution in [3.8, 4) is 0 Å². The van der Waals surface area contributed by atoms with Gasteiger partial charge in [0.2, 0.25) is 0 Å². The molecule has 0 N–H and O–H groups in total. The summed E-state index contributed by atoms with van der Waals surface area (Å²) >= 11 is 5.83. The topological polar surface area (TPSA) is 48.8 Å². The van der Waals surface area contributed by atoms with Crippen molar-refractivity contribution < 1.29 is 0 Å². The molecule has 0 bridgehead atoms. The maximum absolute atomic E-state index is 8.01. The molecule has 4 heteroatoms. The van der Waals surface area contributed by atoms with Crippen molar-refractivity contribution >= 4 is 11.6 Å². The lowest BCUT2D eigenvalue weighted by Gasteiger charge is -2.06. The molecule has 0 aromatic heterocycles. The van der Waals surface area contributed by atoms with Crippen LogP contribution in [0.1, 0.15) is 0 Å². The van der Waals surface area contributed by atoms with Gasteiger partial charge < -0.3 is 0 Å². The Labute approximate surface area is 69.3 Å². The van der Waals surface area contributed by atoms with E-state index in [1.165, 1.54) is 6.20 Å². The van der Waals surface area contributed by atoms with Crippen LogP contribution in [-0.4, -0.2) is 5.38 Å². The second-order valence-electron chi connectivity index (χ2n) is 1.98. The Hall–Kier alpha value is -1.18. The molecule has 0 heterocycles. The molecular formula is C7H6ClN3. The van der Waals surface area contributed by atoms with E-state index in [1.54, 1.807) is 0 Å². The molecule has 0 radical (unpaired) electrons. The Balaban J connectivity index is 2.80. The van der Waals surface area contributed by atoms with E-state index < -0.39 is 0 Å². The minimum absolute atomic E-state index is 0.175. The molecule has 0 aliphatic heterocycles. The third-order valence-electron chi connectivity index (χ3n) is 1.26. The lowest BCUT2D eigenvalue weighted by Crippen LogP contribution is -1.98. The number of azide groups is 1. The first-order valence-corrected chi connectivity index (χ1v) is 3.51. The second-order valence-corrected chi connectivity index (χ2v) is 2.45. The summed E-state index contributed by atoms with van der Waals surface area (Å²) in [4.78, 5) is 2.60. The number of rotatable bonds is 1. The van der Waals surface area contributed by atoms with Crippen molar-refractivity contribution in [1.29, 1.82) is 0 Å². The Kier molecular flexibility index (Phi) is 2.78. The number of alkyl halides is 1. The van der Waals surface area contributed by atoms with Gasteiger partial charge in [0.1, 0.15) is 0 Å². The summed E-state index contributed by atoms with van der Waals surface area (Å²) in [5, 5.41) is 3.12. The van der Waals surface area contributed by atoms with Crippen LogP contribution in [0.15, 0.2) is 41.2 Å². The molecule has 1 aliphatic rings. The summed E-state index contributed by atoms with van der Waals surface area (Å²) in [5.74, 6) is 0. The first kappa shape index (κ1) is 7.92. The fourth-order valence-corrected chi connectivity index (χ4v) is 0.951. The molecule has 0 saturated carbocycles. The van der Waals surface area contributed by atoms with E-state index >= 15 is 0 Å². The zero-order valence-electron chi connectivity index (χ0n) is 5.68. The van der Waals surface area contributed by atoms with Crippen LogP contribution in [0.5, 0.6) is 0 Å². The first-order chi connectivity index (χ1) is 5.34. The average Bonchev–Trinajstić information content (AvgIpc) is 2.03. The van der Waals surface area contributed by atoms with Crippen LogP contribution in [0, 0.1) is 0 Å². The van der Waals surface area contributed by atoms with E-state index in [0.717, 1.165) is 5.57 Å². The highest BCUT2D eigenvalue weighted by Crippen LogP contribution is 2.16. The highest BCUT2D eigenvalue weighted by atomic mass is 35.5. The summed E-state index contributed by atoms with van der Waals surface area (Å²) in [6, 6.07) is 0. The molecule has 0 saturated heterocycles. The van der Waals surface area contributed by atoms with Gasteiger partial charge in [0.25, 0.3) is 0 Å². The molecule has 1 aliphatic carbocycles. The maximum atomic E-state index is 8.01. The molecule has 1 unspecified atom stereocenters. The quantitative estimate of drug-likeness (QED) is 0.250. The fourth-order valence-electron chi connectivity index (χ4n) is 0.738. The molecular weight excluding hydrogens is 162 g/mol. The monoisotopic (exact) mass is 167 g/mol. The second kappa shape index (κ2) is 3.86. The average molecular weight is 168 g/mol. The molecule has 3 nitrogen and oxygen atoms in total. The SMILES string of the molecule is [N-]=[N+]=NC=C1C=CC=CC1Cl. The zero-order valence-corrected chi connectivity index (χ0v) is 6.44. The summed E-state index contributed by atoms with van der Waals surface area (Å²) in [6.45, 7) is 0. The highest BCUT2D eigenvalue weighted by molar-refractivity contribution is 6.24. The zero-order chi connectivity index (χ0) is 8.10. The fraction of sp³-hybridized carbons (Fsp3) is 0.143. The number of halogens is 1. The van der Waals surface area contributed by atoms with Gasteiger partial charge >= 0.3 is 0 Å². The van der Waals surface area contributed by atoms with Gasteiger partial charge in [0.05, 0.1) is 5.38 Å². The van der Waals surface area contributed by atoms with Crippen molar-refractivity contribution in [3.63, 3.8) is 0 Å². The van der Waals surface area contributed by atoms with Crippen LogP contribution in [0.4, 0.5) is 0 Å². The largest absolute Gasteiger partial charge is 0.113 e. The molecule has 0 aromatic carbocycles. The van der Waals surface area contributed by atoms with E-state index in [2.05, 4.69) is 10.0 Å². The van der Waals surface area contributed by atoms with Gasteiger partial charge in [-0.2, -0.15) is 0 Å². The van der Waals surface area contributed by atoms with Crippen LogP contribution < -0.4 is 0 Å². The molecule has 1 rings (SSSR count). The Morgan fingerprint density at radius 2 is 2.45 bits per heavy atom. The van der Waals surface area contributed by atoms with Gasteiger partial charge in [-0.05, 0) is 11.1 Å². The van der Waals surface area contributed by atoms with E-state index in [9.17, 15) is 0 Å². The number of hydrogen-bond acceptors (Lipinski definition) is 1. The van der Waals surface area contributed by atoms with Gasteiger partial charge in [0, 0.05) is 11.1 Å². The third kappa shape index (κ3) is 2.15. The maximum Gasteiger partial charge on any atom is 0.0767 e. The molecule has 0 spiro atoms. The molecule has 11 heavy (non-hydrogen) atoms. The Bertz CT molecular complexity index is 271. The third-order valence-corrected chi connectivity index (χ3v) is 1.65. The number of hydrogen-bond donors (Lipinski definition) is 0. The van der Waals surface area contributed by atoms with Gasteiger partial charge in [-0.15, -0.1) is 11.6 Å². The standard InChI is InChI=1S/C7H6ClN3/c8-7-4-2-1-3-6(7)5-10-11-9/h1-5,7H. The van der Waals surface area contributed by atoms with Crippen molar-refractivity contribution in [2.75, 3.05) is 0 Å². The van der Waals surface area contributed by atoms with E-state index in [-0.39, 0.29) is 5.38 Å². The molecule has 0 aromatic rings. The minimum Gasteiger partial charge on any atom is -0.113 e. The van der Waals surface area contributed by atoms with Crippen LogP contribution in [0.25, 0.3) is 10.4 Å². The summed E-state index contributed by atoms with van der Waals surface area (Å²) < 4.78 is 0. The minimum atomic E-state index is -0.175. The molecule has 56 valence electrons. The summed E-state index contributed by atoms with van der Waals surface area (Å²) in [6.07, 6.45) is 8.74. The van der Waals surface area contributed by atoms with Gasteiger partial charge in [-0.25, -0.2) is 0 Å². The molecule has 1 atom stereocenters. The Morgan fingerprint density at radius 3 is 3.09 bits per heavy atom. The van der Waals surface area contributed by atoms with Gasteiger partial charge in [-0.1, -0.05) is 29.4 Å². The Morgan fingerprint density at radius 1 is 1.64 bits per heavy atom. The van der Waals surface area contributed by atoms with Gasteiger partial charge in [-0.3, -0.25) is 0 Å². The number of nitrogens with zero attached hydrogens (tertiary/aromatic N) is 3. The first-order valence-electron chi connectivity index (χ1n) is 3.08. The van der Waals surface area contributed by atoms with Crippen LogP contribution >= 0.6 is 11.6 Å². The molecule has 0 amide bonds. The summed E-state index contributed by atoms with van der Waals surface area (Å²) in [7, 11) is 0. The predicted molar refractivity (Wildman–Crippen MR) is 45.2 cm³/mol. The summed E-state index contributed by atoms with van der Waals surface area (Å²) in [5.41, 5.74) is 8.82. The lowest BCUT2D eigenvalue weighted by atomic mass is 10.1. The van der Waals surface area contributed by atoms with Crippen LogP contribution in [-0.2, 0) is 0 Å². The van der Waals surface area contributed by atoms with Crippen LogP contribution in [0.3, 0.4) is 0 Å². The predicted octanol–water partition coefficient (Wildman–Crippen LogP) is 2.91. The van der Waals surface area contributed by atoms with Crippen molar-refractivity contribution in [3.05, 3.63) is 46.5 Å². The van der Waals surface area contributed by atoms with Crippen molar-refractivity contribution in [2.24, 2.45) is 5.11 Å². The van der Waals surface area contributed by atoms with Crippen molar-refractivity contribution in [1.82, 2.24) is 0 Å².